The van der Waals surface area contributed by atoms with Crippen LogP contribution in [0.25, 0.3) is 0 Å². The number of nitrogens with one attached hydrogen (secondary N) is 3. The van der Waals surface area contributed by atoms with Gasteiger partial charge in [0.2, 0.25) is 0 Å². The molecule has 0 aliphatic carbocycles. The third-order valence-electron chi connectivity index (χ3n) is 2.15. The molecule has 18 heavy (non-hydrogen) atoms. The van der Waals surface area contributed by atoms with E-state index in [1.807, 2.05) is 0 Å². The quantitative estimate of drug-likeness (QED) is 0.770. The van der Waals surface area contributed by atoms with Crippen molar-refractivity contribution in [1.82, 2.24) is 4.98 Å². The van der Waals surface area contributed by atoms with E-state index in [-0.39, 0.29) is 0 Å². The van der Waals surface area contributed by atoms with Gasteiger partial charge in [0.25, 0.3) is 0 Å². The van der Waals surface area contributed by atoms with E-state index in [0.29, 0.717) is 30.3 Å². The lowest BCUT2D eigenvalue weighted by Crippen LogP contribution is -2.15. The Morgan fingerprint density at radius 2 is 1.72 bits per heavy atom. The molecular formula is C11H17N3O4. The molecule has 1 aromatic rings. The van der Waals surface area contributed by atoms with Gasteiger partial charge in [-0.2, -0.15) is 0 Å². The highest BCUT2D eigenvalue weighted by Gasteiger charge is 2.12. The lowest BCUT2D eigenvalue weighted by atomic mass is 10.3. The number of anilines is 2. The molecule has 0 unspecified atom stereocenters. The Morgan fingerprint density at radius 1 is 1.17 bits per heavy atom. The number of carbonyl (C=O) groups excluding carboxylic acids is 2. The molecule has 3 N–H and O–H groups in total. The van der Waals surface area contributed by atoms with Crippen molar-refractivity contribution in [3.63, 3.8) is 0 Å². The van der Waals surface area contributed by atoms with Gasteiger partial charge in [0.05, 0.1) is 18.9 Å². The van der Waals surface area contributed by atoms with Gasteiger partial charge in [-0.05, 0) is 20.8 Å². The van der Waals surface area contributed by atoms with E-state index in [9.17, 15) is 9.59 Å². The highest BCUT2D eigenvalue weighted by atomic mass is 16.6. The molecule has 0 bridgehead atoms. The summed E-state index contributed by atoms with van der Waals surface area (Å²) in [5.74, 6) is 0.472. The lowest BCUT2D eigenvalue weighted by molar-refractivity contribution is 0.167. The number of aromatic nitrogens is 1. The number of amides is 2. The molecule has 0 aliphatic rings. The molecule has 100 valence electrons. The molecule has 1 rings (SSSR count). The highest BCUT2D eigenvalue weighted by Crippen LogP contribution is 2.22. The van der Waals surface area contributed by atoms with Crippen molar-refractivity contribution in [1.29, 1.82) is 0 Å². The van der Waals surface area contributed by atoms with Crippen LogP contribution in [-0.4, -0.2) is 30.4 Å². The molecule has 0 atom stereocenters. The fourth-order valence-corrected chi connectivity index (χ4v) is 1.30. The predicted octanol–water partition coefficient (Wildman–Crippen LogP) is 2.46. The molecule has 0 spiro atoms. The molecular weight excluding hydrogens is 238 g/mol. The van der Waals surface area contributed by atoms with Gasteiger partial charge in [-0.15, -0.1) is 0 Å². The zero-order valence-corrected chi connectivity index (χ0v) is 10.6. The molecule has 0 aromatic carbocycles. The maximum Gasteiger partial charge on any atom is 0.412 e. The van der Waals surface area contributed by atoms with Gasteiger partial charge in [-0.25, -0.2) is 9.59 Å². The van der Waals surface area contributed by atoms with Crippen LogP contribution in [0.4, 0.5) is 21.1 Å². The van der Waals surface area contributed by atoms with Crippen LogP contribution in [-0.2, 0) is 9.47 Å². The molecule has 0 saturated carbocycles. The predicted molar refractivity (Wildman–Crippen MR) is 66.8 cm³/mol. The Balaban J connectivity index is 2.66. The molecule has 2 amide bonds. The van der Waals surface area contributed by atoms with E-state index in [1.54, 1.807) is 27.0 Å². The van der Waals surface area contributed by atoms with Crippen molar-refractivity contribution < 1.29 is 19.1 Å². The number of aromatic amines is 1. The molecule has 0 aliphatic heterocycles. The minimum atomic E-state index is -0.551. The first-order chi connectivity index (χ1) is 8.58. The smallest absolute Gasteiger partial charge is 0.412 e. The molecule has 0 saturated heterocycles. The van der Waals surface area contributed by atoms with E-state index >= 15 is 0 Å². The maximum absolute atomic E-state index is 11.2. The van der Waals surface area contributed by atoms with Crippen molar-refractivity contribution in [2.75, 3.05) is 23.8 Å². The third-order valence-corrected chi connectivity index (χ3v) is 2.15. The van der Waals surface area contributed by atoms with Gasteiger partial charge in [0, 0.05) is 11.8 Å². The molecule has 7 heteroatoms. The summed E-state index contributed by atoms with van der Waals surface area (Å²) in [6.45, 7) is 5.77. The standard InChI is InChI=1S/C11H17N3O4/c1-4-17-10(15)13-8-6-12-9(7(8)3)14-11(16)18-5-2/h6,12H,4-5H2,1-3H3,(H,13,15)(H,14,16). The summed E-state index contributed by atoms with van der Waals surface area (Å²) < 4.78 is 9.50. The van der Waals surface area contributed by atoms with E-state index in [0.717, 1.165) is 0 Å². The van der Waals surface area contributed by atoms with Gasteiger partial charge in [-0.3, -0.25) is 10.6 Å². The van der Waals surface area contributed by atoms with Crippen LogP contribution in [0.3, 0.4) is 0 Å². The van der Waals surface area contributed by atoms with Crippen molar-refractivity contribution >= 4 is 23.7 Å². The van der Waals surface area contributed by atoms with Crippen LogP contribution >= 0.6 is 0 Å². The minimum Gasteiger partial charge on any atom is -0.450 e. The fourth-order valence-electron chi connectivity index (χ4n) is 1.30. The number of carbonyl (C=O) groups is 2. The summed E-state index contributed by atoms with van der Waals surface area (Å²) in [5.41, 5.74) is 1.23. The molecule has 1 heterocycles. The first kappa shape index (κ1) is 13.9. The van der Waals surface area contributed by atoms with Crippen LogP contribution in [0.2, 0.25) is 0 Å². The number of ether oxygens (including phenoxy) is 2. The minimum absolute atomic E-state index is 0.291. The summed E-state index contributed by atoms with van der Waals surface area (Å²) in [6.07, 6.45) is 0.473. The average Bonchev–Trinajstić information content (AvgIpc) is 2.62. The lowest BCUT2D eigenvalue weighted by Gasteiger charge is -2.06. The molecule has 0 radical (unpaired) electrons. The monoisotopic (exact) mass is 255 g/mol. The SMILES string of the molecule is CCOC(=O)Nc1c[nH]c(NC(=O)OCC)c1C. The number of hydrogen-bond donors (Lipinski definition) is 3. The van der Waals surface area contributed by atoms with Gasteiger partial charge >= 0.3 is 12.2 Å². The summed E-state index contributed by atoms with van der Waals surface area (Å²) in [4.78, 5) is 25.3. The summed E-state index contributed by atoms with van der Waals surface area (Å²) in [7, 11) is 0. The van der Waals surface area contributed by atoms with Crippen LogP contribution < -0.4 is 10.6 Å². The second kappa shape index (κ2) is 6.53. The second-order valence-corrected chi connectivity index (χ2v) is 3.39. The van der Waals surface area contributed by atoms with Crippen molar-refractivity contribution in [2.24, 2.45) is 0 Å². The second-order valence-electron chi connectivity index (χ2n) is 3.39. The molecule has 7 nitrogen and oxygen atoms in total. The number of rotatable bonds is 4. The Labute approximate surface area is 105 Å². The zero-order chi connectivity index (χ0) is 13.5. The zero-order valence-electron chi connectivity index (χ0n) is 10.6. The first-order valence-electron chi connectivity index (χ1n) is 5.64. The van der Waals surface area contributed by atoms with Crippen LogP contribution in [0.1, 0.15) is 19.4 Å². The van der Waals surface area contributed by atoms with E-state index in [1.165, 1.54) is 0 Å². The first-order valence-corrected chi connectivity index (χ1v) is 5.64. The van der Waals surface area contributed by atoms with Crippen molar-refractivity contribution in [3.05, 3.63) is 11.8 Å². The van der Waals surface area contributed by atoms with Gasteiger partial charge in [-0.1, -0.05) is 0 Å². The van der Waals surface area contributed by atoms with Gasteiger partial charge in [0.1, 0.15) is 5.82 Å². The van der Waals surface area contributed by atoms with Gasteiger partial charge < -0.3 is 14.5 Å². The Hall–Kier alpha value is -2.18. The summed E-state index contributed by atoms with van der Waals surface area (Å²) in [5, 5.41) is 5.08. The Bertz CT molecular complexity index is 390. The molecule has 1 aromatic heterocycles. The summed E-state index contributed by atoms with van der Waals surface area (Å²) >= 11 is 0. The normalized spacial score (nSPS) is 9.72. The Kier molecular flexibility index (Phi) is 5.04. The van der Waals surface area contributed by atoms with Gasteiger partial charge in [0.15, 0.2) is 0 Å². The number of H-pyrrole nitrogens is 1. The summed E-state index contributed by atoms with van der Waals surface area (Å²) in [6, 6.07) is 0. The fraction of sp³-hybridized carbons (Fsp3) is 0.455. The van der Waals surface area contributed by atoms with Crippen molar-refractivity contribution in [3.8, 4) is 0 Å². The molecule has 0 fully saturated rings. The van der Waals surface area contributed by atoms with Crippen LogP contribution in [0, 0.1) is 6.92 Å². The van der Waals surface area contributed by atoms with E-state index < -0.39 is 12.2 Å². The number of hydrogen-bond acceptors (Lipinski definition) is 4. The third kappa shape index (κ3) is 3.69. The Morgan fingerprint density at radius 3 is 2.28 bits per heavy atom. The maximum atomic E-state index is 11.2. The van der Waals surface area contributed by atoms with E-state index in [2.05, 4.69) is 15.6 Å². The van der Waals surface area contributed by atoms with Crippen molar-refractivity contribution in [2.45, 2.75) is 20.8 Å². The highest BCUT2D eigenvalue weighted by molar-refractivity contribution is 5.90. The largest absolute Gasteiger partial charge is 0.450 e. The van der Waals surface area contributed by atoms with E-state index in [4.69, 9.17) is 9.47 Å². The van der Waals surface area contributed by atoms with Crippen LogP contribution in [0.5, 0.6) is 0 Å². The average molecular weight is 255 g/mol. The topological polar surface area (TPSA) is 92.5 Å². The van der Waals surface area contributed by atoms with Crippen LogP contribution in [0.15, 0.2) is 6.20 Å².